The molecule has 0 spiro atoms. The van der Waals surface area contributed by atoms with E-state index in [2.05, 4.69) is 28.2 Å². The van der Waals surface area contributed by atoms with Crippen LogP contribution in [0.15, 0.2) is 71.2 Å². The molecule has 196 valence electrons. The van der Waals surface area contributed by atoms with Gasteiger partial charge in [0, 0.05) is 24.0 Å². The van der Waals surface area contributed by atoms with Gasteiger partial charge in [0.15, 0.2) is 6.61 Å². The maximum Gasteiger partial charge on any atom is 0.261 e. The summed E-state index contributed by atoms with van der Waals surface area (Å²) in [7, 11) is 0. The summed E-state index contributed by atoms with van der Waals surface area (Å²) in [4.78, 5) is 28.7. The lowest BCUT2D eigenvalue weighted by Gasteiger charge is -2.31. The highest BCUT2D eigenvalue weighted by atomic mass is 79.9. The second-order valence-electron chi connectivity index (χ2n) is 8.82. The van der Waals surface area contributed by atoms with Crippen LogP contribution >= 0.6 is 39.1 Å². The van der Waals surface area contributed by atoms with Crippen LogP contribution < -0.4 is 10.1 Å². The first-order chi connectivity index (χ1) is 17.8. The molecule has 8 heteroatoms. The molecule has 0 aliphatic rings. The summed E-state index contributed by atoms with van der Waals surface area (Å²) in [6.07, 6.45) is 2.18. The molecule has 1 N–H and O–H groups in total. The number of rotatable bonds is 12. The van der Waals surface area contributed by atoms with Gasteiger partial charge in [0.2, 0.25) is 5.91 Å². The number of amides is 2. The first-order valence-electron chi connectivity index (χ1n) is 12.2. The van der Waals surface area contributed by atoms with Gasteiger partial charge in [0.1, 0.15) is 11.8 Å². The molecule has 1 atom stereocenters. The van der Waals surface area contributed by atoms with Gasteiger partial charge in [0.25, 0.3) is 5.91 Å². The van der Waals surface area contributed by atoms with Crippen LogP contribution in [0.25, 0.3) is 0 Å². The number of hydrogen-bond acceptors (Lipinski definition) is 3. The third-order valence-electron chi connectivity index (χ3n) is 5.93. The highest BCUT2D eigenvalue weighted by Gasteiger charge is 2.30. The Morgan fingerprint density at radius 2 is 1.76 bits per heavy atom. The molecule has 0 bridgehead atoms. The number of ether oxygens (including phenoxy) is 1. The molecule has 0 aliphatic heterocycles. The molecule has 0 fully saturated rings. The van der Waals surface area contributed by atoms with E-state index >= 15 is 0 Å². The second-order valence-corrected chi connectivity index (χ2v) is 10.5. The highest BCUT2D eigenvalue weighted by molar-refractivity contribution is 9.10. The van der Waals surface area contributed by atoms with Gasteiger partial charge < -0.3 is 15.0 Å². The predicted molar refractivity (Wildman–Crippen MR) is 153 cm³/mol. The molecule has 1 unspecified atom stereocenters. The van der Waals surface area contributed by atoms with Crippen molar-refractivity contribution in [3.8, 4) is 5.75 Å². The van der Waals surface area contributed by atoms with Crippen LogP contribution in [0, 0.1) is 6.92 Å². The van der Waals surface area contributed by atoms with Crippen molar-refractivity contribution in [2.45, 2.75) is 45.7 Å². The van der Waals surface area contributed by atoms with Crippen molar-refractivity contribution in [3.05, 3.63) is 97.9 Å². The standard InChI is InChI=1S/C29H31BrCl2N2O3/c1-3-4-14-33-29(36)27(17-21-8-6-5-7-9-21)34(18-22-10-13-25(31)26(32)16-22)28(35)19-37-23-11-12-24(30)20(2)15-23/h5-13,15-16,27H,3-4,14,17-19H2,1-2H3,(H,33,36). The van der Waals surface area contributed by atoms with Crippen LogP contribution in [-0.4, -0.2) is 35.9 Å². The molecule has 3 aromatic carbocycles. The molecule has 37 heavy (non-hydrogen) atoms. The van der Waals surface area contributed by atoms with Crippen molar-refractivity contribution in [3.63, 3.8) is 0 Å². The SMILES string of the molecule is CCCCNC(=O)C(Cc1ccccc1)N(Cc1ccc(Cl)c(Cl)c1)C(=O)COc1ccc(Br)c(C)c1. The summed E-state index contributed by atoms with van der Waals surface area (Å²) >= 11 is 15.8. The minimum Gasteiger partial charge on any atom is -0.484 e. The van der Waals surface area contributed by atoms with E-state index in [1.54, 1.807) is 23.1 Å². The van der Waals surface area contributed by atoms with Gasteiger partial charge in [-0.05, 0) is 60.4 Å². The van der Waals surface area contributed by atoms with Crippen LogP contribution in [0.1, 0.15) is 36.5 Å². The Kier molecular flexibility index (Phi) is 11.3. The first kappa shape index (κ1) is 29.0. The molecular weight excluding hydrogens is 575 g/mol. The molecule has 2 amide bonds. The minimum atomic E-state index is -0.739. The van der Waals surface area contributed by atoms with Crippen molar-refractivity contribution >= 4 is 50.9 Å². The minimum absolute atomic E-state index is 0.178. The average molecular weight is 606 g/mol. The van der Waals surface area contributed by atoms with Crippen molar-refractivity contribution in [2.24, 2.45) is 0 Å². The Morgan fingerprint density at radius 3 is 2.43 bits per heavy atom. The normalized spacial score (nSPS) is 11.6. The summed E-state index contributed by atoms with van der Waals surface area (Å²) in [5, 5.41) is 3.82. The van der Waals surface area contributed by atoms with Crippen molar-refractivity contribution in [1.29, 1.82) is 0 Å². The van der Waals surface area contributed by atoms with E-state index in [0.29, 0.717) is 28.8 Å². The molecular formula is C29H31BrCl2N2O3. The zero-order valence-corrected chi connectivity index (χ0v) is 24.1. The smallest absolute Gasteiger partial charge is 0.261 e. The van der Waals surface area contributed by atoms with Crippen LogP contribution in [0.3, 0.4) is 0 Å². The molecule has 0 saturated heterocycles. The lowest BCUT2D eigenvalue weighted by molar-refractivity contribution is -0.142. The molecule has 0 aromatic heterocycles. The quantitative estimate of drug-likeness (QED) is 0.226. The highest BCUT2D eigenvalue weighted by Crippen LogP contribution is 2.25. The van der Waals surface area contributed by atoms with Crippen molar-refractivity contribution in [2.75, 3.05) is 13.2 Å². The first-order valence-corrected chi connectivity index (χ1v) is 13.8. The predicted octanol–water partition coefficient (Wildman–Crippen LogP) is 7.00. The number of halogens is 3. The van der Waals surface area contributed by atoms with Crippen LogP contribution in [0.4, 0.5) is 0 Å². The van der Waals surface area contributed by atoms with Crippen molar-refractivity contribution < 1.29 is 14.3 Å². The van der Waals surface area contributed by atoms with Gasteiger partial charge in [-0.2, -0.15) is 0 Å². The molecule has 3 aromatic rings. The summed E-state index contributed by atoms with van der Waals surface area (Å²) in [5.41, 5.74) is 2.71. The second kappa shape index (κ2) is 14.4. The van der Waals surface area contributed by atoms with Gasteiger partial charge in [0.05, 0.1) is 10.0 Å². The van der Waals surface area contributed by atoms with E-state index < -0.39 is 6.04 Å². The monoisotopic (exact) mass is 604 g/mol. The lowest BCUT2D eigenvalue weighted by atomic mass is 10.0. The molecule has 5 nitrogen and oxygen atoms in total. The molecule has 0 heterocycles. The fourth-order valence-corrected chi connectivity index (χ4v) is 4.40. The van der Waals surface area contributed by atoms with E-state index in [1.807, 2.05) is 55.5 Å². The summed E-state index contributed by atoms with van der Waals surface area (Å²) in [5.74, 6) is 0.0685. The van der Waals surface area contributed by atoms with Gasteiger partial charge in [-0.15, -0.1) is 0 Å². The van der Waals surface area contributed by atoms with Crippen molar-refractivity contribution in [1.82, 2.24) is 10.2 Å². The topological polar surface area (TPSA) is 58.6 Å². The van der Waals surface area contributed by atoms with Crippen LogP contribution in [0.5, 0.6) is 5.75 Å². The number of carbonyl (C=O) groups excluding carboxylic acids is 2. The number of nitrogens with zero attached hydrogens (tertiary/aromatic N) is 1. The molecule has 0 radical (unpaired) electrons. The molecule has 3 rings (SSSR count). The summed E-state index contributed by atoms with van der Waals surface area (Å²) < 4.78 is 6.81. The fourth-order valence-electron chi connectivity index (χ4n) is 3.83. The Labute approximate surface area is 237 Å². The zero-order chi connectivity index (χ0) is 26.8. The number of aryl methyl sites for hydroxylation is 1. The Bertz CT molecular complexity index is 1210. The summed E-state index contributed by atoms with van der Waals surface area (Å²) in [6, 6.07) is 19.7. The number of unbranched alkanes of at least 4 members (excludes halogenated alkanes) is 1. The Balaban J connectivity index is 1.91. The zero-order valence-electron chi connectivity index (χ0n) is 21.0. The Morgan fingerprint density at radius 1 is 1.00 bits per heavy atom. The van der Waals surface area contributed by atoms with Gasteiger partial charge in [-0.25, -0.2) is 0 Å². The number of carbonyl (C=O) groups is 2. The number of nitrogens with one attached hydrogen (secondary N) is 1. The third-order valence-corrected chi connectivity index (χ3v) is 7.56. The van der Waals surface area contributed by atoms with E-state index in [0.717, 1.165) is 34.0 Å². The average Bonchev–Trinajstić information content (AvgIpc) is 2.89. The fraction of sp³-hybridized carbons (Fsp3) is 0.310. The van der Waals surface area contributed by atoms with Gasteiger partial charge in [-0.1, -0.05) is 88.9 Å². The number of hydrogen-bond donors (Lipinski definition) is 1. The molecule has 0 aliphatic carbocycles. The van der Waals surface area contributed by atoms with E-state index in [1.165, 1.54) is 0 Å². The van der Waals surface area contributed by atoms with E-state index in [-0.39, 0.29) is 25.0 Å². The summed E-state index contributed by atoms with van der Waals surface area (Å²) in [6.45, 7) is 4.53. The van der Waals surface area contributed by atoms with Gasteiger partial charge >= 0.3 is 0 Å². The molecule has 0 saturated carbocycles. The van der Waals surface area contributed by atoms with E-state index in [9.17, 15) is 9.59 Å². The lowest BCUT2D eigenvalue weighted by Crippen LogP contribution is -2.51. The van der Waals surface area contributed by atoms with Gasteiger partial charge in [-0.3, -0.25) is 9.59 Å². The van der Waals surface area contributed by atoms with Crippen LogP contribution in [-0.2, 0) is 22.6 Å². The number of benzene rings is 3. The third kappa shape index (κ3) is 8.77. The van der Waals surface area contributed by atoms with Crippen LogP contribution in [0.2, 0.25) is 10.0 Å². The largest absolute Gasteiger partial charge is 0.484 e. The van der Waals surface area contributed by atoms with E-state index in [4.69, 9.17) is 27.9 Å². The maximum atomic E-state index is 13.6. The maximum absolute atomic E-state index is 13.6. The Hall–Kier alpha value is -2.54.